The summed E-state index contributed by atoms with van der Waals surface area (Å²) in [5.41, 5.74) is 12.9. The van der Waals surface area contributed by atoms with E-state index in [4.69, 9.17) is 4.74 Å². The van der Waals surface area contributed by atoms with Crippen LogP contribution in [-0.2, 0) is 16.0 Å². The molecule has 0 bridgehead atoms. The molecular weight excluding hydrogens is 408 g/mol. The Labute approximate surface area is 186 Å². The maximum absolute atomic E-state index is 12.9. The van der Waals surface area contributed by atoms with Crippen molar-refractivity contribution in [3.63, 3.8) is 0 Å². The number of carbonyl (C=O) groups is 2. The fraction of sp³-hybridized carbons (Fsp3) is 0.478. The Balaban J connectivity index is 1.60. The molecule has 2 aromatic rings. The van der Waals surface area contributed by atoms with Crippen molar-refractivity contribution in [3.8, 4) is 5.69 Å². The van der Waals surface area contributed by atoms with Crippen LogP contribution in [0.5, 0.6) is 0 Å². The molecule has 1 unspecified atom stereocenters. The van der Waals surface area contributed by atoms with Crippen molar-refractivity contribution in [2.24, 2.45) is 0 Å². The van der Waals surface area contributed by atoms with Gasteiger partial charge in [-0.05, 0) is 57.2 Å². The second-order valence-electron chi connectivity index (χ2n) is 9.58. The molecule has 1 N–H and O–H groups in total. The maximum Gasteiger partial charge on any atom is 0.410 e. The van der Waals surface area contributed by atoms with Crippen molar-refractivity contribution in [2.75, 3.05) is 13.1 Å². The minimum absolute atomic E-state index is 0.150. The topological polar surface area (TPSA) is 113 Å². The highest BCUT2D eigenvalue weighted by Crippen LogP contribution is 2.40. The molecule has 1 saturated carbocycles. The van der Waals surface area contributed by atoms with Crippen molar-refractivity contribution in [1.82, 2.24) is 20.0 Å². The summed E-state index contributed by atoms with van der Waals surface area (Å²) in [6.45, 7) is 6.07. The normalized spacial score (nSPS) is 20.2. The molecule has 0 saturated heterocycles. The zero-order chi connectivity index (χ0) is 22.6. The number of nitrogens with one attached hydrogen (secondary N) is 1. The standard InChI is InChI=1S/C23H26N6O3/c1-23(2,3)32-22(31)28-11-10-16-18-17(28)12-25-21(30)20(26-24)19(18)27-29(16)15-8-6-14(7-9-15)13-4-5-13/h6-9,13,17H,4-5,10-12H2,1-3H3,(H,25,30). The first-order valence-electron chi connectivity index (χ1n) is 11.0. The number of ether oxygens (including phenoxy) is 1. The molecule has 1 aromatic heterocycles. The minimum atomic E-state index is -0.640. The van der Waals surface area contributed by atoms with Crippen molar-refractivity contribution in [3.05, 3.63) is 52.3 Å². The molecule has 2 aliphatic heterocycles. The lowest BCUT2D eigenvalue weighted by molar-refractivity contribution is -0.119. The van der Waals surface area contributed by atoms with E-state index in [-0.39, 0.29) is 12.3 Å². The van der Waals surface area contributed by atoms with Gasteiger partial charge in [0.05, 0.1) is 17.4 Å². The van der Waals surface area contributed by atoms with E-state index in [1.807, 2.05) is 37.6 Å². The van der Waals surface area contributed by atoms with Crippen LogP contribution in [0.4, 0.5) is 4.79 Å². The van der Waals surface area contributed by atoms with Gasteiger partial charge in [0.15, 0.2) is 5.69 Å². The van der Waals surface area contributed by atoms with Crippen LogP contribution in [0.1, 0.15) is 68.1 Å². The van der Waals surface area contributed by atoms with Gasteiger partial charge in [-0.2, -0.15) is 9.89 Å². The average Bonchev–Trinajstić information content (AvgIpc) is 3.54. The number of hydrogen-bond donors (Lipinski definition) is 1. The molecule has 1 atom stereocenters. The minimum Gasteiger partial charge on any atom is -0.444 e. The van der Waals surface area contributed by atoms with Crippen LogP contribution in [0.15, 0.2) is 24.3 Å². The third-order valence-corrected chi connectivity index (χ3v) is 6.13. The summed E-state index contributed by atoms with van der Waals surface area (Å²) in [7, 11) is 0. The molecular formula is C23H26N6O3. The molecule has 0 spiro atoms. The Kier molecular flexibility index (Phi) is 4.67. The van der Waals surface area contributed by atoms with Gasteiger partial charge in [-0.15, -0.1) is 0 Å². The average molecular weight is 435 g/mol. The van der Waals surface area contributed by atoms with Gasteiger partial charge in [-0.1, -0.05) is 12.1 Å². The largest absolute Gasteiger partial charge is 0.444 e. The zero-order valence-electron chi connectivity index (χ0n) is 18.5. The summed E-state index contributed by atoms with van der Waals surface area (Å²) in [5.74, 6) is 0.128. The highest BCUT2D eigenvalue weighted by molar-refractivity contribution is 6.43. The molecule has 3 heterocycles. The van der Waals surface area contributed by atoms with Gasteiger partial charge < -0.3 is 15.6 Å². The molecule has 0 radical (unpaired) electrons. The number of aromatic nitrogens is 2. The Morgan fingerprint density at radius 1 is 1.25 bits per heavy atom. The van der Waals surface area contributed by atoms with Gasteiger partial charge in [-0.25, -0.2) is 9.48 Å². The summed E-state index contributed by atoms with van der Waals surface area (Å²) in [6, 6.07) is 7.83. The molecule has 2 amide bonds. The van der Waals surface area contributed by atoms with E-state index in [0.29, 0.717) is 24.6 Å². The lowest BCUT2D eigenvalue weighted by Crippen LogP contribution is -2.46. The molecule has 9 heteroatoms. The van der Waals surface area contributed by atoms with Crippen LogP contribution < -0.4 is 5.32 Å². The lowest BCUT2D eigenvalue weighted by Gasteiger charge is -2.36. The highest BCUT2D eigenvalue weighted by atomic mass is 16.6. The Morgan fingerprint density at radius 3 is 2.59 bits per heavy atom. The Hall–Kier alpha value is -3.45. The van der Waals surface area contributed by atoms with Crippen molar-refractivity contribution >= 4 is 17.7 Å². The number of amides is 2. The van der Waals surface area contributed by atoms with E-state index in [1.165, 1.54) is 18.4 Å². The van der Waals surface area contributed by atoms with Crippen molar-refractivity contribution < 1.29 is 19.1 Å². The van der Waals surface area contributed by atoms with E-state index < -0.39 is 23.6 Å². The number of hydrogen-bond acceptors (Lipinski definition) is 4. The Morgan fingerprint density at radius 2 is 1.97 bits per heavy atom. The SMILES string of the molecule is CC(C)(C)OC(=O)N1CCc2c3c(nn2-c2ccc(C4CC4)cc2)C(=[N+]=[N-])C(=O)NCC31. The van der Waals surface area contributed by atoms with Crippen LogP contribution >= 0.6 is 0 Å². The van der Waals surface area contributed by atoms with Gasteiger partial charge in [0.2, 0.25) is 0 Å². The maximum atomic E-state index is 12.9. The molecule has 166 valence electrons. The smallest absolute Gasteiger partial charge is 0.410 e. The van der Waals surface area contributed by atoms with Gasteiger partial charge in [0, 0.05) is 25.1 Å². The summed E-state index contributed by atoms with van der Waals surface area (Å²) in [4.78, 5) is 30.4. The predicted molar refractivity (Wildman–Crippen MR) is 116 cm³/mol. The molecule has 3 aliphatic rings. The molecule has 9 nitrogen and oxygen atoms in total. The lowest BCUT2D eigenvalue weighted by atomic mass is 9.95. The van der Waals surface area contributed by atoms with Crippen molar-refractivity contribution in [2.45, 2.75) is 57.6 Å². The Bertz CT molecular complexity index is 1150. The third-order valence-electron chi connectivity index (χ3n) is 6.13. The van der Waals surface area contributed by atoms with Gasteiger partial charge >= 0.3 is 17.7 Å². The second-order valence-corrected chi connectivity index (χ2v) is 9.58. The number of rotatable bonds is 2. The fourth-order valence-electron chi connectivity index (χ4n) is 4.51. The van der Waals surface area contributed by atoms with Crippen LogP contribution in [-0.4, -0.2) is 55.9 Å². The van der Waals surface area contributed by atoms with Gasteiger partial charge in [0.1, 0.15) is 5.60 Å². The van der Waals surface area contributed by atoms with Crippen LogP contribution in [0.2, 0.25) is 0 Å². The van der Waals surface area contributed by atoms with E-state index in [0.717, 1.165) is 16.9 Å². The van der Waals surface area contributed by atoms with E-state index in [2.05, 4.69) is 27.3 Å². The molecule has 5 rings (SSSR count). The number of benzene rings is 1. The molecule has 1 fully saturated rings. The summed E-state index contributed by atoms with van der Waals surface area (Å²) in [6.07, 6.45) is 2.55. The predicted octanol–water partition coefficient (Wildman–Crippen LogP) is 2.73. The molecule has 32 heavy (non-hydrogen) atoms. The first kappa shape index (κ1) is 20.5. The summed E-state index contributed by atoms with van der Waals surface area (Å²) in [5, 5.41) is 7.44. The monoisotopic (exact) mass is 434 g/mol. The highest BCUT2D eigenvalue weighted by Gasteiger charge is 2.45. The summed E-state index contributed by atoms with van der Waals surface area (Å²) < 4.78 is 7.42. The fourth-order valence-corrected chi connectivity index (χ4v) is 4.51. The third kappa shape index (κ3) is 3.48. The first-order valence-corrected chi connectivity index (χ1v) is 11.0. The van der Waals surface area contributed by atoms with E-state index >= 15 is 0 Å². The van der Waals surface area contributed by atoms with Gasteiger partial charge in [-0.3, -0.25) is 9.69 Å². The number of nitrogens with zero attached hydrogens (tertiary/aromatic N) is 5. The molecule has 1 aliphatic carbocycles. The first-order chi connectivity index (χ1) is 15.3. The van der Waals surface area contributed by atoms with Gasteiger partial charge in [0.25, 0.3) is 0 Å². The molecule has 1 aromatic carbocycles. The number of carbonyl (C=O) groups excluding carboxylic acids is 2. The zero-order valence-corrected chi connectivity index (χ0v) is 18.5. The summed E-state index contributed by atoms with van der Waals surface area (Å²) >= 11 is 0. The van der Waals surface area contributed by atoms with E-state index in [9.17, 15) is 15.1 Å². The van der Waals surface area contributed by atoms with Crippen LogP contribution in [0, 0.1) is 0 Å². The quantitative estimate of drug-likeness (QED) is 0.578. The van der Waals surface area contributed by atoms with E-state index in [1.54, 1.807) is 4.90 Å². The second kappa shape index (κ2) is 7.31. The van der Waals surface area contributed by atoms with Crippen LogP contribution in [0.3, 0.4) is 0 Å². The van der Waals surface area contributed by atoms with Crippen LogP contribution in [0.25, 0.3) is 11.2 Å². The van der Waals surface area contributed by atoms with Crippen molar-refractivity contribution in [1.29, 1.82) is 0 Å².